The first kappa shape index (κ1) is 24.3. The molecule has 0 fully saturated rings. The molecule has 3 aromatic rings. The van der Waals surface area contributed by atoms with E-state index in [2.05, 4.69) is 5.32 Å². The van der Waals surface area contributed by atoms with Crippen molar-refractivity contribution in [2.45, 2.75) is 13.5 Å². The molecule has 34 heavy (non-hydrogen) atoms. The minimum Gasteiger partial charge on any atom is -0.497 e. The summed E-state index contributed by atoms with van der Waals surface area (Å²) in [5, 5.41) is 23.6. The highest BCUT2D eigenvalue weighted by molar-refractivity contribution is 6.31. The third kappa shape index (κ3) is 6.12. The zero-order chi connectivity index (χ0) is 24.7. The fourth-order valence-corrected chi connectivity index (χ4v) is 3.11. The van der Waals surface area contributed by atoms with Crippen LogP contribution in [0.2, 0.25) is 5.02 Å². The molecule has 1 amide bonds. The van der Waals surface area contributed by atoms with E-state index in [0.717, 1.165) is 5.56 Å². The highest BCUT2D eigenvalue weighted by atomic mass is 35.5. The van der Waals surface area contributed by atoms with Gasteiger partial charge < -0.3 is 14.8 Å². The standard InChI is InChI=1S/C25H20ClN3O5/c1-16-3-7-20(12-23(16)26)28-25(30)19(14-27)11-18-6-10-22(33-2)13-24(18)34-15-17-4-8-21(9-5-17)29(31)32/h3-13H,15H2,1-2H3,(H,28,30)/b19-11+. The summed E-state index contributed by atoms with van der Waals surface area (Å²) in [6, 6.07) is 17.9. The van der Waals surface area contributed by atoms with Crippen LogP contribution < -0.4 is 14.8 Å². The molecular formula is C25H20ClN3O5. The van der Waals surface area contributed by atoms with Crippen LogP contribution in [0.1, 0.15) is 16.7 Å². The van der Waals surface area contributed by atoms with Gasteiger partial charge in [-0.25, -0.2) is 0 Å². The Bertz CT molecular complexity index is 1300. The number of nitrogens with zero attached hydrogens (tertiary/aromatic N) is 2. The lowest BCUT2D eigenvalue weighted by molar-refractivity contribution is -0.384. The van der Waals surface area contributed by atoms with Gasteiger partial charge in [-0.3, -0.25) is 14.9 Å². The second-order valence-corrected chi connectivity index (χ2v) is 7.61. The molecule has 9 heteroatoms. The van der Waals surface area contributed by atoms with Gasteiger partial charge in [0.1, 0.15) is 29.7 Å². The second-order valence-electron chi connectivity index (χ2n) is 7.20. The number of nitrogens with one attached hydrogen (secondary N) is 1. The van der Waals surface area contributed by atoms with Crippen molar-refractivity contribution in [3.05, 3.63) is 98.1 Å². The summed E-state index contributed by atoms with van der Waals surface area (Å²) in [4.78, 5) is 23.0. The zero-order valence-corrected chi connectivity index (χ0v) is 19.1. The number of nitriles is 1. The van der Waals surface area contributed by atoms with Gasteiger partial charge in [-0.1, -0.05) is 17.7 Å². The largest absolute Gasteiger partial charge is 0.497 e. The number of ether oxygens (including phenoxy) is 2. The first-order valence-corrected chi connectivity index (χ1v) is 10.4. The number of nitro benzene ring substituents is 1. The van der Waals surface area contributed by atoms with Crippen LogP contribution >= 0.6 is 11.6 Å². The normalized spacial score (nSPS) is 10.8. The van der Waals surface area contributed by atoms with Crippen molar-refractivity contribution in [3.8, 4) is 17.6 Å². The number of amides is 1. The molecule has 1 N–H and O–H groups in total. The van der Waals surface area contributed by atoms with Crippen molar-refractivity contribution in [1.82, 2.24) is 0 Å². The molecule has 0 radical (unpaired) electrons. The summed E-state index contributed by atoms with van der Waals surface area (Å²) in [5.74, 6) is 0.296. The molecule has 3 rings (SSSR count). The maximum absolute atomic E-state index is 12.7. The number of non-ortho nitro benzene ring substituents is 1. The van der Waals surface area contributed by atoms with Crippen molar-refractivity contribution >= 4 is 35.0 Å². The molecule has 172 valence electrons. The predicted octanol–water partition coefficient (Wildman–Crippen LogP) is 5.69. The minimum atomic E-state index is -0.598. The van der Waals surface area contributed by atoms with Crippen molar-refractivity contribution in [1.29, 1.82) is 5.26 Å². The molecule has 0 spiro atoms. The quantitative estimate of drug-likeness (QED) is 0.193. The Hall–Kier alpha value is -4.35. The first-order valence-electron chi connectivity index (χ1n) is 10.0. The Balaban J connectivity index is 1.83. The van der Waals surface area contributed by atoms with Gasteiger partial charge in [0, 0.05) is 34.5 Å². The Labute approximate surface area is 201 Å². The molecule has 8 nitrogen and oxygen atoms in total. The average molecular weight is 478 g/mol. The van der Waals surface area contributed by atoms with Crippen LogP contribution in [-0.4, -0.2) is 17.9 Å². The number of hydrogen-bond acceptors (Lipinski definition) is 6. The van der Waals surface area contributed by atoms with E-state index >= 15 is 0 Å². The fraction of sp³-hybridized carbons (Fsp3) is 0.120. The van der Waals surface area contributed by atoms with Crippen LogP contribution in [0.5, 0.6) is 11.5 Å². The van der Waals surface area contributed by atoms with E-state index in [1.165, 1.54) is 25.3 Å². The number of benzene rings is 3. The number of rotatable bonds is 8. The molecule has 0 heterocycles. The van der Waals surface area contributed by atoms with Crippen LogP contribution in [-0.2, 0) is 11.4 Å². The first-order chi connectivity index (χ1) is 16.3. The fourth-order valence-electron chi connectivity index (χ4n) is 2.93. The van der Waals surface area contributed by atoms with Gasteiger partial charge in [-0.05, 0) is 60.5 Å². The number of nitro groups is 1. The Morgan fingerprint density at radius 2 is 1.91 bits per heavy atom. The lowest BCUT2D eigenvalue weighted by Gasteiger charge is -2.12. The highest BCUT2D eigenvalue weighted by Gasteiger charge is 2.13. The van der Waals surface area contributed by atoms with Crippen molar-refractivity contribution < 1.29 is 19.2 Å². The summed E-state index contributed by atoms with van der Waals surface area (Å²) in [6.07, 6.45) is 1.41. The minimum absolute atomic E-state index is 0.0201. The Morgan fingerprint density at radius 3 is 2.53 bits per heavy atom. The molecule has 0 aliphatic heterocycles. The number of anilines is 1. The van der Waals surface area contributed by atoms with E-state index in [9.17, 15) is 20.2 Å². The number of halogens is 1. The van der Waals surface area contributed by atoms with Crippen molar-refractivity contribution in [2.24, 2.45) is 0 Å². The van der Waals surface area contributed by atoms with E-state index < -0.39 is 10.8 Å². The van der Waals surface area contributed by atoms with E-state index in [1.54, 1.807) is 48.5 Å². The van der Waals surface area contributed by atoms with Crippen LogP contribution in [0.25, 0.3) is 6.08 Å². The highest BCUT2D eigenvalue weighted by Crippen LogP contribution is 2.28. The SMILES string of the molecule is COc1ccc(/C=C(\C#N)C(=O)Nc2ccc(C)c(Cl)c2)c(OCc2ccc([N+](=O)[O-])cc2)c1. The number of hydrogen-bond donors (Lipinski definition) is 1. The molecule has 0 bridgehead atoms. The summed E-state index contributed by atoms with van der Waals surface area (Å²) in [5.41, 5.74) is 2.36. The van der Waals surface area contributed by atoms with Crippen LogP contribution in [0.3, 0.4) is 0 Å². The van der Waals surface area contributed by atoms with E-state index in [1.807, 2.05) is 13.0 Å². The van der Waals surface area contributed by atoms with Gasteiger partial charge in [-0.2, -0.15) is 5.26 Å². The van der Waals surface area contributed by atoms with Crippen LogP contribution in [0.4, 0.5) is 11.4 Å². The van der Waals surface area contributed by atoms with Gasteiger partial charge >= 0.3 is 0 Å². The molecule has 0 atom stereocenters. The van der Waals surface area contributed by atoms with Gasteiger partial charge in [0.15, 0.2) is 0 Å². The third-order valence-electron chi connectivity index (χ3n) is 4.86. The van der Waals surface area contributed by atoms with Crippen LogP contribution in [0, 0.1) is 28.4 Å². The van der Waals surface area contributed by atoms with Crippen LogP contribution in [0.15, 0.2) is 66.2 Å². The number of aryl methyl sites for hydroxylation is 1. The number of carbonyl (C=O) groups excluding carboxylic acids is 1. The molecule has 0 saturated carbocycles. The molecule has 0 aliphatic rings. The number of methoxy groups -OCH3 is 1. The lowest BCUT2D eigenvalue weighted by atomic mass is 10.1. The van der Waals surface area contributed by atoms with Crippen molar-refractivity contribution in [2.75, 3.05) is 12.4 Å². The maximum Gasteiger partial charge on any atom is 0.269 e. The monoisotopic (exact) mass is 477 g/mol. The topological polar surface area (TPSA) is 114 Å². The van der Waals surface area contributed by atoms with E-state index in [4.69, 9.17) is 21.1 Å². The Morgan fingerprint density at radius 1 is 1.18 bits per heavy atom. The molecular weight excluding hydrogens is 458 g/mol. The summed E-state index contributed by atoms with van der Waals surface area (Å²) < 4.78 is 11.1. The van der Waals surface area contributed by atoms with Gasteiger partial charge in [0.25, 0.3) is 11.6 Å². The van der Waals surface area contributed by atoms with Gasteiger partial charge in [0.05, 0.1) is 12.0 Å². The molecule has 0 unspecified atom stereocenters. The van der Waals surface area contributed by atoms with Gasteiger partial charge in [0.2, 0.25) is 0 Å². The second kappa shape index (κ2) is 11.0. The summed E-state index contributed by atoms with van der Waals surface area (Å²) in [7, 11) is 1.51. The summed E-state index contributed by atoms with van der Waals surface area (Å²) in [6.45, 7) is 1.96. The molecule has 0 aliphatic carbocycles. The smallest absolute Gasteiger partial charge is 0.269 e. The molecule has 3 aromatic carbocycles. The zero-order valence-electron chi connectivity index (χ0n) is 18.4. The van der Waals surface area contributed by atoms with Crippen molar-refractivity contribution in [3.63, 3.8) is 0 Å². The average Bonchev–Trinajstić information content (AvgIpc) is 2.84. The van der Waals surface area contributed by atoms with Gasteiger partial charge in [-0.15, -0.1) is 0 Å². The lowest BCUT2D eigenvalue weighted by Crippen LogP contribution is -2.13. The number of carbonyl (C=O) groups is 1. The Kier molecular flexibility index (Phi) is 7.85. The predicted molar refractivity (Wildman–Crippen MR) is 129 cm³/mol. The molecule has 0 saturated heterocycles. The maximum atomic E-state index is 12.7. The summed E-state index contributed by atoms with van der Waals surface area (Å²) >= 11 is 6.11. The molecule has 0 aromatic heterocycles. The van der Waals surface area contributed by atoms with E-state index in [0.29, 0.717) is 33.3 Å². The third-order valence-corrected chi connectivity index (χ3v) is 5.26. The van der Waals surface area contributed by atoms with E-state index in [-0.39, 0.29) is 17.9 Å².